The second-order valence-electron chi connectivity index (χ2n) is 3.77. The van der Waals surface area contributed by atoms with Crippen LogP contribution in [0.5, 0.6) is 0 Å². The second kappa shape index (κ2) is 4.74. The molecule has 4 nitrogen and oxygen atoms in total. The quantitative estimate of drug-likeness (QED) is 0.873. The monoisotopic (exact) mass is 228 g/mol. The molecule has 86 valence electrons. The van der Waals surface area contributed by atoms with Crippen molar-refractivity contribution in [2.75, 3.05) is 0 Å². The fourth-order valence-corrected chi connectivity index (χ4v) is 1.62. The lowest BCUT2D eigenvalue weighted by Gasteiger charge is -2.05. The highest BCUT2D eigenvalue weighted by molar-refractivity contribution is 5.69. The van der Waals surface area contributed by atoms with Crippen LogP contribution in [-0.2, 0) is 11.2 Å². The number of carboxylic acid groups (broad SMARTS) is 1. The Bertz CT molecular complexity index is 535. The van der Waals surface area contributed by atoms with Gasteiger partial charge in [-0.2, -0.15) is 0 Å². The Morgan fingerprint density at radius 1 is 1.24 bits per heavy atom. The minimum atomic E-state index is -0.923. The second-order valence-corrected chi connectivity index (χ2v) is 3.77. The molecule has 0 radical (unpaired) electrons. The highest BCUT2D eigenvalue weighted by Crippen LogP contribution is 2.21. The Hall–Kier alpha value is -2.23. The molecule has 0 aliphatic rings. The molecule has 0 spiro atoms. The molecule has 0 aliphatic heterocycles. The number of hydrogen-bond acceptors (Lipinski definition) is 3. The van der Waals surface area contributed by atoms with Crippen molar-refractivity contribution >= 4 is 5.97 Å². The lowest BCUT2D eigenvalue weighted by atomic mass is 10.0. The van der Waals surface area contributed by atoms with Crippen molar-refractivity contribution < 1.29 is 9.90 Å². The van der Waals surface area contributed by atoms with E-state index >= 15 is 0 Å². The first-order valence-corrected chi connectivity index (χ1v) is 5.25. The number of aryl methyl sites for hydroxylation is 1. The van der Waals surface area contributed by atoms with Gasteiger partial charge in [0.2, 0.25) is 0 Å². The molecule has 2 rings (SSSR count). The van der Waals surface area contributed by atoms with Crippen molar-refractivity contribution in [2.24, 2.45) is 0 Å². The van der Waals surface area contributed by atoms with Gasteiger partial charge >= 0.3 is 5.97 Å². The van der Waals surface area contributed by atoms with E-state index in [4.69, 9.17) is 5.11 Å². The van der Waals surface area contributed by atoms with E-state index < -0.39 is 5.97 Å². The minimum absolute atomic E-state index is 0.145. The first kappa shape index (κ1) is 11.3. The largest absolute Gasteiger partial charge is 0.481 e. The third-order valence-corrected chi connectivity index (χ3v) is 2.47. The number of aromatic nitrogens is 2. The molecule has 17 heavy (non-hydrogen) atoms. The summed E-state index contributed by atoms with van der Waals surface area (Å²) in [6, 6.07) is 7.93. The van der Waals surface area contributed by atoms with E-state index in [1.165, 1.54) is 0 Å². The van der Waals surface area contributed by atoms with Gasteiger partial charge in [-0.1, -0.05) is 24.3 Å². The molecule has 0 amide bonds. The topological polar surface area (TPSA) is 63.1 Å². The highest BCUT2D eigenvalue weighted by Gasteiger charge is 2.05. The van der Waals surface area contributed by atoms with Crippen LogP contribution in [0.1, 0.15) is 11.4 Å². The lowest BCUT2D eigenvalue weighted by molar-refractivity contribution is -0.136. The van der Waals surface area contributed by atoms with E-state index in [0.717, 1.165) is 16.7 Å². The van der Waals surface area contributed by atoms with Crippen LogP contribution in [0.2, 0.25) is 0 Å². The summed E-state index contributed by atoms with van der Waals surface area (Å²) in [6.45, 7) is 2.01. The third kappa shape index (κ3) is 2.66. The normalized spacial score (nSPS) is 10.2. The molecule has 0 aliphatic carbocycles. The average Bonchev–Trinajstić information content (AvgIpc) is 2.30. The van der Waals surface area contributed by atoms with Crippen LogP contribution in [0.3, 0.4) is 0 Å². The van der Waals surface area contributed by atoms with E-state index in [9.17, 15) is 4.79 Å². The van der Waals surface area contributed by atoms with E-state index in [0.29, 0.717) is 5.82 Å². The number of nitrogens with zero attached hydrogens (tertiary/aromatic N) is 2. The third-order valence-electron chi connectivity index (χ3n) is 2.47. The molecule has 1 aromatic heterocycles. The summed E-state index contributed by atoms with van der Waals surface area (Å²) in [5.41, 5.74) is 3.11. The van der Waals surface area contributed by atoms with Crippen molar-refractivity contribution in [2.45, 2.75) is 13.3 Å². The van der Waals surface area contributed by atoms with Crippen LogP contribution in [0.4, 0.5) is 0 Å². The number of rotatable bonds is 3. The molecule has 0 atom stereocenters. The maximum atomic E-state index is 10.5. The molecule has 2 aromatic rings. The van der Waals surface area contributed by atoms with Gasteiger partial charge in [-0.25, -0.2) is 9.97 Å². The van der Waals surface area contributed by atoms with Crippen LogP contribution >= 0.6 is 0 Å². The van der Waals surface area contributed by atoms with Gasteiger partial charge in [0.15, 0.2) is 0 Å². The predicted molar refractivity (Wildman–Crippen MR) is 63.5 cm³/mol. The Labute approximate surface area is 99.0 Å². The number of aliphatic carboxylic acids is 1. The summed E-state index contributed by atoms with van der Waals surface area (Å²) in [6.07, 6.45) is 3.18. The molecule has 0 unspecified atom stereocenters. The molecule has 1 aromatic carbocycles. The van der Waals surface area contributed by atoms with Crippen molar-refractivity contribution in [3.63, 3.8) is 0 Å². The molecule has 0 bridgehead atoms. The van der Waals surface area contributed by atoms with Gasteiger partial charge in [0, 0.05) is 18.0 Å². The van der Waals surface area contributed by atoms with Crippen LogP contribution < -0.4 is 0 Å². The van der Waals surface area contributed by atoms with Crippen molar-refractivity contribution in [3.8, 4) is 11.1 Å². The molecule has 1 heterocycles. The molecule has 0 saturated heterocycles. The van der Waals surface area contributed by atoms with E-state index in [-0.39, 0.29) is 6.42 Å². The van der Waals surface area contributed by atoms with Crippen LogP contribution in [-0.4, -0.2) is 21.0 Å². The standard InChI is InChI=1S/C13H12N2O2/c1-9-4-2-3-5-11(9)10-7-14-12(15-8-10)6-13(16)17/h2-5,7-8H,6H2,1H3,(H,16,17). The van der Waals surface area contributed by atoms with Gasteiger partial charge in [-0.15, -0.1) is 0 Å². The van der Waals surface area contributed by atoms with Crippen LogP contribution in [0.15, 0.2) is 36.7 Å². The maximum absolute atomic E-state index is 10.5. The summed E-state index contributed by atoms with van der Waals surface area (Å²) in [5, 5.41) is 8.62. The SMILES string of the molecule is Cc1ccccc1-c1cnc(CC(=O)O)nc1. The lowest BCUT2D eigenvalue weighted by Crippen LogP contribution is -2.04. The van der Waals surface area contributed by atoms with Gasteiger partial charge in [-0.05, 0) is 18.1 Å². The number of carboxylic acids is 1. The Morgan fingerprint density at radius 3 is 2.47 bits per heavy atom. The fraction of sp³-hybridized carbons (Fsp3) is 0.154. The summed E-state index contributed by atoms with van der Waals surface area (Å²) >= 11 is 0. The summed E-state index contributed by atoms with van der Waals surface area (Å²) in [7, 11) is 0. The zero-order chi connectivity index (χ0) is 12.3. The first-order chi connectivity index (χ1) is 8.16. The van der Waals surface area contributed by atoms with Crippen molar-refractivity contribution in [1.82, 2.24) is 9.97 Å². The summed E-state index contributed by atoms with van der Waals surface area (Å²) in [5.74, 6) is -0.594. The molecule has 4 heteroatoms. The Morgan fingerprint density at radius 2 is 1.88 bits per heavy atom. The molecular formula is C13H12N2O2. The maximum Gasteiger partial charge on any atom is 0.311 e. The number of benzene rings is 1. The highest BCUT2D eigenvalue weighted by atomic mass is 16.4. The van der Waals surface area contributed by atoms with Gasteiger partial charge in [-0.3, -0.25) is 4.79 Å². The summed E-state index contributed by atoms with van der Waals surface area (Å²) < 4.78 is 0. The first-order valence-electron chi connectivity index (χ1n) is 5.25. The predicted octanol–water partition coefficient (Wildman–Crippen LogP) is 2.08. The van der Waals surface area contributed by atoms with Gasteiger partial charge in [0.25, 0.3) is 0 Å². The molecule has 0 saturated carbocycles. The molecule has 1 N–H and O–H groups in total. The average molecular weight is 228 g/mol. The van der Waals surface area contributed by atoms with Crippen LogP contribution in [0, 0.1) is 6.92 Å². The van der Waals surface area contributed by atoms with Gasteiger partial charge in [0.05, 0.1) is 0 Å². The van der Waals surface area contributed by atoms with Crippen molar-refractivity contribution in [3.05, 3.63) is 48.0 Å². The van der Waals surface area contributed by atoms with Crippen LogP contribution in [0.25, 0.3) is 11.1 Å². The fourth-order valence-electron chi connectivity index (χ4n) is 1.62. The van der Waals surface area contributed by atoms with Crippen molar-refractivity contribution in [1.29, 1.82) is 0 Å². The zero-order valence-electron chi connectivity index (χ0n) is 9.42. The van der Waals surface area contributed by atoms with E-state index in [1.54, 1.807) is 12.4 Å². The minimum Gasteiger partial charge on any atom is -0.481 e. The Balaban J connectivity index is 2.30. The van der Waals surface area contributed by atoms with Gasteiger partial charge < -0.3 is 5.11 Å². The number of hydrogen-bond donors (Lipinski definition) is 1. The van der Waals surface area contributed by atoms with E-state index in [1.807, 2.05) is 31.2 Å². The van der Waals surface area contributed by atoms with Gasteiger partial charge in [0.1, 0.15) is 12.2 Å². The van der Waals surface area contributed by atoms with E-state index in [2.05, 4.69) is 9.97 Å². The molecule has 0 fully saturated rings. The molecular weight excluding hydrogens is 216 g/mol. The summed E-state index contributed by atoms with van der Waals surface area (Å²) in [4.78, 5) is 18.6. The number of carbonyl (C=O) groups is 1. The smallest absolute Gasteiger partial charge is 0.311 e. The Kier molecular flexibility index (Phi) is 3.14. The zero-order valence-corrected chi connectivity index (χ0v) is 9.42.